The Morgan fingerprint density at radius 2 is 2.24 bits per heavy atom. The van der Waals surface area contributed by atoms with Gasteiger partial charge in [0.1, 0.15) is 0 Å². The van der Waals surface area contributed by atoms with Crippen LogP contribution < -0.4 is 5.73 Å². The van der Waals surface area contributed by atoms with Crippen LogP contribution in [-0.2, 0) is 6.42 Å². The number of hydrogen-bond donors (Lipinski definition) is 1. The predicted octanol–water partition coefficient (Wildman–Crippen LogP) is 3.54. The first kappa shape index (κ1) is 13.0. The van der Waals surface area contributed by atoms with Crippen LogP contribution in [0.5, 0.6) is 0 Å². The third-order valence-electron chi connectivity index (χ3n) is 3.83. The van der Waals surface area contributed by atoms with E-state index >= 15 is 0 Å². The first-order valence-electron chi connectivity index (χ1n) is 6.31. The molecular formula is C14H21BrN2. The summed E-state index contributed by atoms with van der Waals surface area (Å²) in [5.41, 5.74) is 7.99. The molecule has 1 aliphatic rings. The van der Waals surface area contributed by atoms with E-state index in [1.54, 1.807) is 0 Å². The fourth-order valence-electron chi connectivity index (χ4n) is 2.85. The van der Waals surface area contributed by atoms with Gasteiger partial charge in [-0.2, -0.15) is 0 Å². The summed E-state index contributed by atoms with van der Waals surface area (Å²) in [5.74, 6) is 0.592. The molecule has 2 N–H and O–H groups in total. The average molecular weight is 297 g/mol. The summed E-state index contributed by atoms with van der Waals surface area (Å²) in [6, 6.07) is 2.50. The topological polar surface area (TPSA) is 38.9 Å². The Labute approximate surface area is 112 Å². The SMILES string of the molecule is CC1(C)CCC(N)C(Cc2cncc(Br)c2)C1. The number of rotatable bonds is 2. The largest absolute Gasteiger partial charge is 0.327 e. The number of halogens is 1. The van der Waals surface area contributed by atoms with E-state index in [1.165, 1.54) is 18.4 Å². The Morgan fingerprint density at radius 1 is 1.47 bits per heavy atom. The zero-order valence-electron chi connectivity index (χ0n) is 10.6. The minimum atomic E-state index is 0.349. The van der Waals surface area contributed by atoms with Crippen LogP contribution in [-0.4, -0.2) is 11.0 Å². The van der Waals surface area contributed by atoms with Gasteiger partial charge in [-0.05, 0) is 64.6 Å². The molecule has 0 aromatic carbocycles. The van der Waals surface area contributed by atoms with Crippen molar-refractivity contribution < 1.29 is 0 Å². The van der Waals surface area contributed by atoms with Gasteiger partial charge in [0.05, 0.1) is 0 Å². The molecule has 1 aromatic rings. The molecule has 2 rings (SSSR count). The molecule has 0 amide bonds. The molecule has 1 aliphatic carbocycles. The van der Waals surface area contributed by atoms with Gasteiger partial charge in [0.2, 0.25) is 0 Å². The predicted molar refractivity (Wildman–Crippen MR) is 74.7 cm³/mol. The van der Waals surface area contributed by atoms with Crippen LogP contribution in [0, 0.1) is 11.3 Å². The lowest BCUT2D eigenvalue weighted by molar-refractivity contribution is 0.157. The molecule has 0 bridgehead atoms. The van der Waals surface area contributed by atoms with E-state index in [0.717, 1.165) is 17.3 Å². The lowest BCUT2D eigenvalue weighted by atomic mass is 9.68. The van der Waals surface area contributed by atoms with E-state index in [0.29, 0.717) is 17.4 Å². The second-order valence-electron chi connectivity index (χ2n) is 6.05. The Kier molecular flexibility index (Phi) is 3.88. The van der Waals surface area contributed by atoms with Gasteiger partial charge in [-0.1, -0.05) is 13.8 Å². The molecule has 0 aliphatic heterocycles. The molecular weight excluding hydrogens is 276 g/mol. The van der Waals surface area contributed by atoms with Gasteiger partial charge in [0, 0.05) is 22.9 Å². The molecule has 2 nitrogen and oxygen atoms in total. The van der Waals surface area contributed by atoms with Gasteiger partial charge in [0.25, 0.3) is 0 Å². The highest BCUT2D eigenvalue weighted by Gasteiger charge is 2.32. The highest BCUT2D eigenvalue weighted by molar-refractivity contribution is 9.10. The smallest absolute Gasteiger partial charge is 0.0410 e. The quantitative estimate of drug-likeness (QED) is 0.907. The van der Waals surface area contributed by atoms with E-state index in [4.69, 9.17) is 5.73 Å². The van der Waals surface area contributed by atoms with Gasteiger partial charge >= 0.3 is 0 Å². The van der Waals surface area contributed by atoms with Crippen LogP contribution in [0.4, 0.5) is 0 Å². The molecule has 17 heavy (non-hydrogen) atoms. The summed E-state index contributed by atoms with van der Waals surface area (Å²) in [6.45, 7) is 4.70. The molecule has 1 heterocycles. The number of hydrogen-bond acceptors (Lipinski definition) is 2. The summed E-state index contributed by atoms with van der Waals surface area (Å²) in [7, 11) is 0. The molecule has 1 fully saturated rings. The van der Waals surface area contributed by atoms with Crippen LogP contribution in [0.1, 0.15) is 38.7 Å². The maximum Gasteiger partial charge on any atom is 0.0410 e. The first-order chi connectivity index (χ1) is 7.96. The van der Waals surface area contributed by atoms with Crippen LogP contribution in [0.2, 0.25) is 0 Å². The molecule has 2 unspecified atom stereocenters. The second-order valence-corrected chi connectivity index (χ2v) is 6.96. The van der Waals surface area contributed by atoms with Crippen molar-refractivity contribution in [3.8, 4) is 0 Å². The van der Waals surface area contributed by atoms with Crippen LogP contribution in [0.15, 0.2) is 22.9 Å². The minimum absolute atomic E-state index is 0.349. The Balaban J connectivity index is 2.06. The van der Waals surface area contributed by atoms with Crippen molar-refractivity contribution in [3.63, 3.8) is 0 Å². The van der Waals surface area contributed by atoms with E-state index < -0.39 is 0 Å². The Bertz CT molecular complexity index is 390. The Morgan fingerprint density at radius 3 is 2.94 bits per heavy atom. The van der Waals surface area contributed by atoms with E-state index in [9.17, 15) is 0 Å². The number of pyridine rings is 1. The monoisotopic (exact) mass is 296 g/mol. The van der Waals surface area contributed by atoms with Gasteiger partial charge < -0.3 is 5.73 Å². The van der Waals surface area contributed by atoms with E-state index in [1.807, 2.05) is 12.4 Å². The highest BCUT2D eigenvalue weighted by Crippen LogP contribution is 2.39. The first-order valence-corrected chi connectivity index (χ1v) is 7.11. The molecule has 0 spiro atoms. The normalized spacial score (nSPS) is 28.0. The summed E-state index contributed by atoms with van der Waals surface area (Å²) >= 11 is 3.47. The van der Waals surface area contributed by atoms with Crippen molar-refractivity contribution >= 4 is 15.9 Å². The van der Waals surface area contributed by atoms with Crippen molar-refractivity contribution in [1.82, 2.24) is 4.98 Å². The minimum Gasteiger partial charge on any atom is -0.327 e. The average Bonchev–Trinajstić information content (AvgIpc) is 2.23. The number of aromatic nitrogens is 1. The number of nitrogens with zero attached hydrogens (tertiary/aromatic N) is 1. The zero-order valence-corrected chi connectivity index (χ0v) is 12.2. The maximum absolute atomic E-state index is 6.25. The van der Waals surface area contributed by atoms with Crippen LogP contribution in [0.3, 0.4) is 0 Å². The van der Waals surface area contributed by atoms with Gasteiger partial charge in [-0.25, -0.2) is 0 Å². The maximum atomic E-state index is 6.25. The molecule has 1 saturated carbocycles. The molecule has 94 valence electrons. The van der Waals surface area contributed by atoms with Crippen molar-refractivity contribution in [1.29, 1.82) is 0 Å². The molecule has 1 aromatic heterocycles. The summed E-state index contributed by atoms with van der Waals surface area (Å²) in [6.07, 6.45) is 8.46. The molecule has 0 radical (unpaired) electrons. The fraction of sp³-hybridized carbons (Fsp3) is 0.643. The van der Waals surface area contributed by atoms with Crippen molar-refractivity contribution in [2.45, 2.75) is 45.6 Å². The van der Waals surface area contributed by atoms with Crippen molar-refractivity contribution in [3.05, 3.63) is 28.5 Å². The van der Waals surface area contributed by atoms with E-state index in [-0.39, 0.29) is 0 Å². The van der Waals surface area contributed by atoms with Gasteiger partial charge in [0.15, 0.2) is 0 Å². The van der Waals surface area contributed by atoms with Crippen molar-refractivity contribution in [2.75, 3.05) is 0 Å². The number of nitrogens with two attached hydrogens (primary N) is 1. The highest BCUT2D eigenvalue weighted by atomic mass is 79.9. The second kappa shape index (κ2) is 5.07. The lowest BCUT2D eigenvalue weighted by Crippen LogP contribution is -2.40. The standard InChI is InChI=1S/C14H21BrN2/c1-14(2)4-3-13(16)11(7-14)5-10-6-12(15)9-17-8-10/h6,8-9,11,13H,3-5,7,16H2,1-2H3. The summed E-state index contributed by atoms with van der Waals surface area (Å²) in [5, 5.41) is 0. The molecule has 0 saturated heterocycles. The lowest BCUT2D eigenvalue weighted by Gasteiger charge is -2.39. The van der Waals surface area contributed by atoms with E-state index in [2.05, 4.69) is 40.8 Å². The van der Waals surface area contributed by atoms with Crippen LogP contribution >= 0.6 is 15.9 Å². The fourth-order valence-corrected chi connectivity index (χ4v) is 3.26. The zero-order chi connectivity index (χ0) is 12.5. The Hall–Kier alpha value is -0.410. The summed E-state index contributed by atoms with van der Waals surface area (Å²) < 4.78 is 1.05. The third-order valence-corrected chi connectivity index (χ3v) is 4.27. The molecule has 2 atom stereocenters. The van der Waals surface area contributed by atoms with Crippen LogP contribution in [0.25, 0.3) is 0 Å². The van der Waals surface area contributed by atoms with Gasteiger partial charge in [-0.15, -0.1) is 0 Å². The molecule has 3 heteroatoms. The summed E-state index contributed by atoms with van der Waals surface area (Å²) in [4.78, 5) is 4.22. The van der Waals surface area contributed by atoms with Gasteiger partial charge in [-0.3, -0.25) is 4.98 Å². The third kappa shape index (κ3) is 3.52. The van der Waals surface area contributed by atoms with Crippen molar-refractivity contribution in [2.24, 2.45) is 17.1 Å².